The summed E-state index contributed by atoms with van der Waals surface area (Å²) in [5, 5.41) is 11.4. The molecular weight excluding hydrogens is 377 g/mol. The number of benzene rings is 1. The van der Waals surface area contributed by atoms with E-state index in [0.29, 0.717) is 16.6 Å². The van der Waals surface area contributed by atoms with E-state index in [4.69, 9.17) is 0 Å². The van der Waals surface area contributed by atoms with Crippen molar-refractivity contribution in [3.8, 4) is 0 Å². The van der Waals surface area contributed by atoms with E-state index in [1.807, 2.05) is 0 Å². The fourth-order valence-electron chi connectivity index (χ4n) is 4.69. The van der Waals surface area contributed by atoms with Gasteiger partial charge in [0.05, 0.1) is 5.25 Å². The number of carbonyl (C=O) groups is 2. The Bertz CT molecular complexity index is 893. The number of carbonyl (C=O) groups excluding carboxylic acids is 2. The molecule has 28 heavy (non-hydrogen) atoms. The number of ketones is 1. The van der Waals surface area contributed by atoms with Crippen LogP contribution in [-0.2, 0) is 4.79 Å². The van der Waals surface area contributed by atoms with Gasteiger partial charge in [0, 0.05) is 23.1 Å². The predicted octanol–water partition coefficient (Wildman–Crippen LogP) is 4.19. The molecule has 1 aromatic rings. The van der Waals surface area contributed by atoms with Crippen LogP contribution in [0.5, 0.6) is 0 Å². The number of amides is 1. The van der Waals surface area contributed by atoms with Gasteiger partial charge < -0.3 is 5.32 Å². The quantitative estimate of drug-likeness (QED) is 0.607. The monoisotopic (exact) mass is 401 g/mol. The lowest BCUT2D eigenvalue weighted by atomic mass is 9.70. The van der Waals surface area contributed by atoms with Gasteiger partial charge in [-0.3, -0.25) is 9.59 Å². The molecule has 5 nitrogen and oxygen atoms in total. The summed E-state index contributed by atoms with van der Waals surface area (Å²) in [7, 11) is 0. The van der Waals surface area contributed by atoms with Crippen LogP contribution < -0.4 is 5.32 Å². The van der Waals surface area contributed by atoms with E-state index in [1.54, 1.807) is 0 Å². The molecule has 2 aliphatic carbocycles. The first-order valence-corrected chi connectivity index (χ1v) is 10.5. The molecule has 1 amide bonds. The average molecular weight is 402 g/mol. The van der Waals surface area contributed by atoms with Crippen LogP contribution >= 0.6 is 11.8 Å². The van der Waals surface area contributed by atoms with Gasteiger partial charge in [-0.15, -0.1) is 5.10 Å². The second-order valence-electron chi connectivity index (χ2n) is 8.68. The average Bonchev–Trinajstić information content (AvgIpc) is 3.17. The molecule has 3 atom stereocenters. The van der Waals surface area contributed by atoms with Crippen molar-refractivity contribution >= 4 is 34.3 Å². The van der Waals surface area contributed by atoms with E-state index >= 15 is 0 Å². The second kappa shape index (κ2) is 6.79. The summed E-state index contributed by atoms with van der Waals surface area (Å²) in [5.41, 5.74) is 1.80. The molecule has 1 N–H and O–H groups in total. The van der Waals surface area contributed by atoms with Crippen LogP contribution in [0, 0.1) is 22.6 Å². The summed E-state index contributed by atoms with van der Waals surface area (Å²) >= 11 is 1.23. The Kier molecular flexibility index (Phi) is 4.68. The van der Waals surface area contributed by atoms with Gasteiger partial charge in [-0.1, -0.05) is 32.5 Å². The number of amidine groups is 1. The molecule has 148 valence electrons. The van der Waals surface area contributed by atoms with E-state index in [1.165, 1.54) is 42.4 Å². The van der Waals surface area contributed by atoms with Gasteiger partial charge in [0.1, 0.15) is 5.82 Å². The number of Topliss-reactive ketones (excluding diaryl/α,β-unsaturated/α-hetero) is 1. The summed E-state index contributed by atoms with van der Waals surface area (Å²) in [6.45, 7) is 6.89. The standard InChI is InChI=1S/C21H24FN3O2S/c1-20(2)13-8-9-21(20,3)17(10-13)24-25-19-23-18(27)16(28-19)11-15(26)12-4-6-14(22)7-5-12/h4-7,13,16H,8-11H2,1-3H3,(H,23,25,27)/b24-17+/t13-,16-,21+/m0/s1. The first-order valence-electron chi connectivity index (χ1n) is 9.62. The van der Waals surface area contributed by atoms with Crippen LogP contribution in [0.2, 0.25) is 0 Å². The molecule has 3 aliphatic rings. The van der Waals surface area contributed by atoms with E-state index < -0.39 is 11.1 Å². The summed E-state index contributed by atoms with van der Waals surface area (Å²) in [5.74, 6) is -0.180. The van der Waals surface area contributed by atoms with Gasteiger partial charge in [-0.05, 0) is 54.9 Å². The van der Waals surface area contributed by atoms with Crippen molar-refractivity contribution in [1.29, 1.82) is 0 Å². The highest BCUT2D eigenvalue weighted by molar-refractivity contribution is 8.15. The Balaban J connectivity index is 1.44. The summed E-state index contributed by atoms with van der Waals surface area (Å²) in [6.07, 6.45) is 3.37. The lowest BCUT2D eigenvalue weighted by Gasteiger charge is -2.34. The van der Waals surface area contributed by atoms with Gasteiger partial charge in [-0.2, -0.15) is 5.10 Å². The maximum Gasteiger partial charge on any atom is 0.240 e. The van der Waals surface area contributed by atoms with E-state index in [2.05, 4.69) is 36.3 Å². The molecule has 2 bridgehead atoms. The molecule has 0 aromatic heterocycles. The Labute approximate surface area is 168 Å². The number of thioether (sulfide) groups is 1. The number of hydrogen-bond acceptors (Lipinski definition) is 5. The molecule has 3 fully saturated rings. The van der Waals surface area contributed by atoms with Crippen LogP contribution in [0.4, 0.5) is 4.39 Å². The normalized spacial score (nSPS) is 33.6. The van der Waals surface area contributed by atoms with Gasteiger partial charge in [0.15, 0.2) is 11.0 Å². The minimum atomic E-state index is -0.538. The van der Waals surface area contributed by atoms with Crippen molar-refractivity contribution in [2.45, 2.75) is 51.7 Å². The summed E-state index contributed by atoms with van der Waals surface area (Å²) in [6, 6.07) is 5.37. The van der Waals surface area contributed by atoms with Crippen molar-refractivity contribution in [2.24, 2.45) is 27.0 Å². The highest BCUT2D eigenvalue weighted by Gasteiger charge is 2.60. The van der Waals surface area contributed by atoms with Crippen LogP contribution in [0.15, 0.2) is 34.5 Å². The van der Waals surface area contributed by atoms with E-state index in [0.717, 1.165) is 18.6 Å². The third-order valence-corrected chi connectivity index (χ3v) is 8.16. The number of rotatable bonds is 4. The zero-order valence-corrected chi connectivity index (χ0v) is 17.1. The molecule has 0 radical (unpaired) electrons. The zero-order chi connectivity index (χ0) is 20.1. The van der Waals surface area contributed by atoms with Crippen molar-refractivity contribution < 1.29 is 14.0 Å². The van der Waals surface area contributed by atoms with Crippen molar-refractivity contribution in [3.63, 3.8) is 0 Å². The third-order valence-electron chi connectivity index (χ3n) is 7.09. The molecule has 0 spiro atoms. The molecule has 1 aromatic carbocycles. The summed E-state index contributed by atoms with van der Waals surface area (Å²) < 4.78 is 13.0. The van der Waals surface area contributed by atoms with Gasteiger partial charge in [0.2, 0.25) is 5.91 Å². The van der Waals surface area contributed by atoms with E-state index in [-0.39, 0.29) is 28.9 Å². The number of fused-ring (bicyclic) bond motifs is 2. The predicted molar refractivity (Wildman–Crippen MR) is 109 cm³/mol. The first-order chi connectivity index (χ1) is 13.2. The smallest absolute Gasteiger partial charge is 0.240 e. The van der Waals surface area contributed by atoms with Gasteiger partial charge in [-0.25, -0.2) is 4.39 Å². The molecule has 0 unspecified atom stereocenters. The minimum Gasteiger partial charge on any atom is -0.303 e. The summed E-state index contributed by atoms with van der Waals surface area (Å²) in [4.78, 5) is 24.6. The SMILES string of the molecule is CC1(C)[C@H]2CC[C@]1(C)/C(=N/N=C1/NC(=O)[C@H](CC(=O)c3ccc(F)cc3)S1)C2. The molecule has 1 aliphatic heterocycles. The van der Waals surface area contributed by atoms with Crippen LogP contribution in [0.25, 0.3) is 0 Å². The molecule has 1 saturated heterocycles. The lowest BCUT2D eigenvalue weighted by molar-refractivity contribution is -0.118. The van der Waals surface area contributed by atoms with Gasteiger partial charge >= 0.3 is 0 Å². The molecule has 2 saturated carbocycles. The number of nitrogens with one attached hydrogen (secondary N) is 1. The fraction of sp³-hybridized carbons (Fsp3) is 0.524. The first kappa shape index (κ1) is 19.3. The Morgan fingerprint density at radius 3 is 2.57 bits per heavy atom. The fourth-order valence-corrected chi connectivity index (χ4v) is 5.61. The third kappa shape index (κ3) is 3.09. The molecular formula is C21H24FN3O2S. The molecule has 1 heterocycles. The van der Waals surface area contributed by atoms with Crippen LogP contribution in [0.1, 0.15) is 56.8 Å². The van der Waals surface area contributed by atoms with Crippen LogP contribution in [-0.4, -0.2) is 27.8 Å². The second-order valence-corrected chi connectivity index (χ2v) is 9.87. The highest BCUT2D eigenvalue weighted by atomic mass is 32.2. The molecule has 7 heteroatoms. The van der Waals surface area contributed by atoms with Gasteiger partial charge in [0.25, 0.3) is 0 Å². The topological polar surface area (TPSA) is 70.9 Å². The largest absolute Gasteiger partial charge is 0.303 e. The number of nitrogens with zero attached hydrogens (tertiary/aromatic N) is 2. The molecule has 4 rings (SSSR count). The Hall–Kier alpha value is -2.02. The highest BCUT2D eigenvalue weighted by Crippen LogP contribution is 2.64. The van der Waals surface area contributed by atoms with Crippen molar-refractivity contribution in [2.75, 3.05) is 0 Å². The lowest BCUT2D eigenvalue weighted by Crippen LogP contribution is -2.32. The minimum absolute atomic E-state index is 0.0462. The number of hydrogen-bond donors (Lipinski definition) is 1. The van der Waals surface area contributed by atoms with Crippen molar-refractivity contribution in [3.05, 3.63) is 35.6 Å². The Morgan fingerprint density at radius 1 is 1.25 bits per heavy atom. The maximum absolute atomic E-state index is 13.0. The Morgan fingerprint density at radius 2 is 1.96 bits per heavy atom. The van der Waals surface area contributed by atoms with Crippen molar-refractivity contribution in [1.82, 2.24) is 5.32 Å². The van der Waals surface area contributed by atoms with E-state index in [9.17, 15) is 14.0 Å². The van der Waals surface area contributed by atoms with Crippen LogP contribution in [0.3, 0.4) is 0 Å². The zero-order valence-electron chi connectivity index (χ0n) is 16.3. The number of halogens is 1. The maximum atomic E-state index is 13.0.